The maximum Gasteiger partial charge on any atom is 0.120 e. The van der Waals surface area contributed by atoms with E-state index in [0.717, 1.165) is 56.6 Å². The van der Waals surface area contributed by atoms with E-state index in [1.165, 1.54) is 0 Å². The van der Waals surface area contributed by atoms with E-state index in [9.17, 15) is 0 Å². The van der Waals surface area contributed by atoms with E-state index in [0.29, 0.717) is 0 Å². The van der Waals surface area contributed by atoms with Gasteiger partial charge in [0.05, 0.1) is 44.0 Å². The smallest absolute Gasteiger partial charge is 0.120 e. The monoisotopic (exact) mass is 459 g/mol. The average molecular weight is 460 g/mol. The second-order valence-electron chi connectivity index (χ2n) is 7.81. The normalized spacial score (nSPS) is 13.6. The van der Waals surface area contributed by atoms with Crippen LogP contribution in [0.2, 0.25) is 0 Å². The van der Waals surface area contributed by atoms with Gasteiger partial charge in [-0.05, 0) is 50.2 Å². The summed E-state index contributed by atoms with van der Waals surface area (Å²) in [5.74, 6) is 3.75. The summed E-state index contributed by atoms with van der Waals surface area (Å²) in [6.45, 7) is 4.38. The maximum absolute atomic E-state index is 4.89. The molecule has 3 aromatic heterocycles. The third-order valence-corrected chi connectivity index (χ3v) is 7.78. The molecule has 5 rings (SSSR count). The van der Waals surface area contributed by atoms with Crippen LogP contribution in [0, 0.1) is 0 Å². The molecule has 0 saturated heterocycles. The van der Waals surface area contributed by atoms with Crippen LogP contribution in [-0.4, -0.2) is 24.9 Å². The molecule has 5 nitrogen and oxygen atoms in total. The highest BCUT2D eigenvalue weighted by molar-refractivity contribution is 7.98. The number of hydrogen-bond acceptors (Lipinski definition) is 5. The van der Waals surface area contributed by atoms with Gasteiger partial charge in [0.25, 0.3) is 0 Å². The number of aromatic nitrogens is 5. The highest BCUT2D eigenvalue weighted by Gasteiger charge is 2.14. The number of pyridine rings is 1. The lowest BCUT2D eigenvalue weighted by Crippen LogP contribution is -1.97. The summed E-state index contributed by atoms with van der Waals surface area (Å²) in [5.41, 5.74) is 6.42. The summed E-state index contributed by atoms with van der Waals surface area (Å²) < 4.78 is 0. The van der Waals surface area contributed by atoms with E-state index in [-0.39, 0.29) is 10.5 Å². The molecule has 0 spiro atoms. The quantitative estimate of drug-likeness (QED) is 0.266. The minimum atomic E-state index is 0.273. The van der Waals surface area contributed by atoms with E-state index >= 15 is 0 Å². The van der Waals surface area contributed by atoms with Crippen LogP contribution in [0.3, 0.4) is 0 Å². The molecule has 2 N–H and O–H groups in total. The maximum atomic E-state index is 4.89. The standard InChI is InChI=1S/C25H25N5S2/c1-16(24-27-20-10-3-4-11-21(20)28-24)31-14-18-8-7-9-19(26-18)15-32-17(2)25-29-22-12-5-6-13-23(22)30-25/h3-13,16-17H,14-15H2,1-2H3,(H,27,28)(H,29,30). The molecule has 0 saturated carbocycles. The van der Waals surface area contributed by atoms with Crippen molar-refractivity contribution in [1.82, 2.24) is 24.9 Å². The van der Waals surface area contributed by atoms with E-state index in [4.69, 9.17) is 15.0 Å². The summed E-state index contributed by atoms with van der Waals surface area (Å²) in [6.07, 6.45) is 0. The summed E-state index contributed by atoms with van der Waals surface area (Å²) in [7, 11) is 0. The van der Waals surface area contributed by atoms with Gasteiger partial charge in [0.15, 0.2) is 0 Å². The number of hydrogen-bond donors (Lipinski definition) is 2. The lowest BCUT2D eigenvalue weighted by molar-refractivity contribution is 0.964. The molecule has 7 heteroatoms. The molecule has 2 aromatic carbocycles. The molecule has 2 atom stereocenters. The van der Waals surface area contributed by atoms with Gasteiger partial charge in [-0.3, -0.25) is 4.98 Å². The Labute approximate surface area is 195 Å². The van der Waals surface area contributed by atoms with Gasteiger partial charge in [-0.1, -0.05) is 30.3 Å². The van der Waals surface area contributed by atoms with Crippen LogP contribution in [0.15, 0.2) is 66.7 Å². The van der Waals surface area contributed by atoms with Gasteiger partial charge >= 0.3 is 0 Å². The first kappa shape index (κ1) is 21.1. The van der Waals surface area contributed by atoms with E-state index in [1.807, 2.05) is 59.9 Å². The largest absolute Gasteiger partial charge is 0.341 e. The number of nitrogens with zero attached hydrogens (tertiary/aromatic N) is 3. The van der Waals surface area contributed by atoms with Crippen LogP contribution in [-0.2, 0) is 11.5 Å². The van der Waals surface area contributed by atoms with Crippen LogP contribution < -0.4 is 0 Å². The number of H-pyrrole nitrogens is 2. The number of benzene rings is 2. The van der Waals surface area contributed by atoms with Crippen molar-refractivity contribution in [3.8, 4) is 0 Å². The lowest BCUT2D eigenvalue weighted by Gasteiger charge is -2.10. The molecule has 0 radical (unpaired) electrons. The molecule has 0 aliphatic heterocycles. The zero-order valence-electron chi connectivity index (χ0n) is 18.1. The van der Waals surface area contributed by atoms with E-state index in [2.05, 4.69) is 54.1 Å². The third kappa shape index (κ3) is 4.69. The molecule has 0 fully saturated rings. The fourth-order valence-corrected chi connectivity index (χ4v) is 5.30. The fourth-order valence-electron chi connectivity index (χ4n) is 3.60. The first-order valence-electron chi connectivity index (χ1n) is 10.7. The van der Waals surface area contributed by atoms with Crippen molar-refractivity contribution in [1.29, 1.82) is 0 Å². The molecule has 5 aromatic rings. The molecule has 2 unspecified atom stereocenters. The van der Waals surface area contributed by atoms with Crippen LogP contribution in [0.4, 0.5) is 0 Å². The Kier molecular flexibility index (Phi) is 6.19. The fraction of sp³-hybridized carbons (Fsp3) is 0.240. The molecule has 162 valence electrons. The van der Waals surface area contributed by atoms with Crippen molar-refractivity contribution in [2.45, 2.75) is 35.9 Å². The molecule has 0 bridgehead atoms. The summed E-state index contributed by atoms with van der Waals surface area (Å²) in [4.78, 5) is 21.2. The van der Waals surface area contributed by atoms with Crippen molar-refractivity contribution in [2.75, 3.05) is 0 Å². The molecule has 32 heavy (non-hydrogen) atoms. The SMILES string of the molecule is CC(SCc1cccc(CSC(C)c2nc3ccccc3[nH]2)n1)c1nc2ccccc2[nH]1. The molecule has 0 aliphatic carbocycles. The molecular formula is C25H25N5S2. The number of aromatic amines is 2. The van der Waals surface area contributed by atoms with Crippen molar-refractivity contribution < 1.29 is 0 Å². The number of fused-ring (bicyclic) bond motifs is 2. The zero-order valence-corrected chi connectivity index (χ0v) is 19.7. The van der Waals surface area contributed by atoms with Gasteiger partial charge in [0.1, 0.15) is 11.6 Å². The number of imidazole rings is 2. The number of para-hydroxylation sites is 4. The van der Waals surface area contributed by atoms with E-state index in [1.54, 1.807) is 0 Å². The Balaban J connectivity index is 1.18. The van der Waals surface area contributed by atoms with Crippen molar-refractivity contribution >= 4 is 45.6 Å². The van der Waals surface area contributed by atoms with Gasteiger partial charge in [-0.2, -0.15) is 0 Å². The minimum absolute atomic E-state index is 0.273. The van der Waals surface area contributed by atoms with Gasteiger partial charge in [-0.15, -0.1) is 23.5 Å². The van der Waals surface area contributed by atoms with Crippen LogP contribution in [0.1, 0.15) is 47.4 Å². The van der Waals surface area contributed by atoms with Gasteiger partial charge < -0.3 is 9.97 Å². The van der Waals surface area contributed by atoms with Gasteiger partial charge in [-0.25, -0.2) is 9.97 Å². The second-order valence-corrected chi connectivity index (χ2v) is 10.5. The first-order chi connectivity index (χ1) is 15.7. The average Bonchev–Trinajstić information content (AvgIpc) is 3.45. The lowest BCUT2D eigenvalue weighted by atomic mass is 10.3. The third-order valence-electron chi connectivity index (χ3n) is 5.41. The molecule has 0 amide bonds. The summed E-state index contributed by atoms with van der Waals surface area (Å²) >= 11 is 3.70. The van der Waals surface area contributed by atoms with Gasteiger partial charge in [0.2, 0.25) is 0 Å². The Morgan fingerprint density at radius 3 is 1.56 bits per heavy atom. The highest BCUT2D eigenvalue weighted by atomic mass is 32.2. The zero-order chi connectivity index (χ0) is 21.9. The predicted octanol–water partition coefficient (Wildman–Crippen LogP) is 6.82. The summed E-state index contributed by atoms with van der Waals surface area (Å²) in [6, 6.07) is 22.6. The van der Waals surface area contributed by atoms with Crippen LogP contribution >= 0.6 is 23.5 Å². The predicted molar refractivity (Wildman–Crippen MR) is 136 cm³/mol. The van der Waals surface area contributed by atoms with Crippen LogP contribution in [0.25, 0.3) is 22.1 Å². The van der Waals surface area contributed by atoms with Crippen molar-refractivity contribution in [3.05, 3.63) is 89.8 Å². The van der Waals surface area contributed by atoms with E-state index < -0.39 is 0 Å². The first-order valence-corrected chi connectivity index (χ1v) is 12.8. The molecular weight excluding hydrogens is 434 g/mol. The topological polar surface area (TPSA) is 70.2 Å². The molecule has 3 heterocycles. The van der Waals surface area contributed by atoms with Crippen molar-refractivity contribution in [3.63, 3.8) is 0 Å². The highest BCUT2D eigenvalue weighted by Crippen LogP contribution is 2.32. The minimum Gasteiger partial charge on any atom is -0.341 e. The number of thioether (sulfide) groups is 2. The Hall–Kier alpha value is -2.77. The number of rotatable bonds is 8. The summed E-state index contributed by atoms with van der Waals surface area (Å²) in [5, 5.41) is 0.547. The van der Waals surface area contributed by atoms with Gasteiger partial charge in [0, 0.05) is 11.5 Å². The Morgan fingerprint density at radius 2 is 1.09 bits per heavy atom. The second kappa shape index (κ2) is 9.38. The number of nitrogens with one attached hydrogen (secondary N) is 2. The van der Waals surface area contributed by atoms with Crippen molar-refractivity contribution in [2.24, 2.45) is 0 Å². The van der Waals surface area contributed by atoms with Crippen LogP contribution in [0.5, 0.6) is 0 Å². The Morgan fingerprint density at radius 1 is 0.625 bits per heavy atom. The Bertz CT molecular complexity index is 1180. The molecule has 0 aliphatic rings.